The number of hydrogen-bond acceptors (Lipinski definition) is 1. The van der Waals surface area contributed by atoms with Crippen LogP contribution in [0.2, 0.25) is 0 Å². The largest absolute Gasteiger partial charge is 0.491 e. The fourth-order valence-corrected chi connectivity index (χ4v) is 4.04. The Morgan fingerprint density at radius 2 is 1.73 bits per heavy atom. The van der Waals surface area contributed by atoms with Gasteiger partial charge in [-0.05, 0) is 86.1 Å². The third kappa shape index (κ3) is 4.55. The summed E-state index contributed by atoms with van der Waals surface area (Å²) < 4.78 is 19.4. The molecule has 0 spiro atoms. The molecule has 0 bridgehead atoms. The van der Waals surface area contributed by atoms with Crippen LogP contribution in [0.5, 0.6) is 5.75 Å². The molecular formula is C24H29FO. The number of rotatable bonds is 7. The lowest BCUT2D eigenvalue weighted by Crippen LogP contribution is -2.13. The average molecular weight is 352 g/mol. The second-order valence-corrected chi connectivity index (χ2v) is 7.28. The van der Waals surface area contributed by atoms with E-state index in [1.54, 1.807) is 12.1 Å². The quantitative estimate of drug-likeness (QED) is 0.482. The van der Waals surface area contributed by atoms with Crippen LogP contribution in [-0.4, -0.2) is 6.61 Å². The molecule has 0 heterocycles. The third-order valence-corrected chi connectivity index (χ3v) is 5.57. The molecule has 0 aromatic heterocycles. The van der Waals surface area contributed by atoms with Gasteiger partial charge in [-0.2, -0.15) is 0 Å². The topological polar surface area (TPSA) is 9.23 Å². The molecule has 0 atom stereocenters. The van der Waals surface area contributed by atoms with Crippen LogP contribution in [0.25, 0.3) is 11.1 Å². The Balaban J connectivity index is 1.64. The molecule has 1 saturated carbocycles. The summed E-state index contributed by atoms with van der Waals surface area (Å²) in [5, 5.41) is 0. The Kier molecular flexibility index (Phi) is 6.49. The van der Waals surface area contributed by atoms with Gasteiger partial charge in [0, 0.05) is 0 Å². The number of benzene rings is 2. The Morgan fingerprint density at radius 3 is 2.35 bits per heavy atom. The summed E-state index contributed by atoms with van der Waals surface area (Å²) in [7, 11) is 0. The Bertz CT molecular complexity index is 711. The van der Waals surface area contributed by atoms with E-state index in [0.29, 0.717) is 18.3 Å². The minimum Gasteiger partial charge on any atom is -0.491 e. The zero-order valence-corrected chi connectivity index (χ0v) is 15.7. The lowest BCUT2D eigenvalue weighted by molar-refractivity contribution is 0.312. The molecule has 2 aromatic carbocycles. The lowest BCUT2D eigenvalue weighted by atomic mass is 9.77. The van der Waals surface area contributed by atoms with Crippen molar-refractivity contribution in [1.29, 1.82) is 0 Å². The van der Waals surface area contributed by atoms with Gasteiger partial charge in [-0.15, -0.1) is 6.58 Å². The van der Waals surface area contributed by atoms with Crippen molar-refractivity contribution in [2.75, 3.05) is 6.61 Å². The summed E-state index contributed by atoms with van der Waals surface area (Å²) in [5.74, 6) is 1.56. The first-order valence-corrected chi connectivity index (χ1v) is 9.84. The van der Waals surface area contributed by atoms with Gasteiger partial charge in [0.05, 0.1) is 6.61 Å². The van der Waals surface area contributed by atoms with Gasteiger partial charge in [-0.3, -0.25) is 0 Å². The molecule has 0 N–H and O–H groups in total. The fraction of sp³-hybridized carbons (Fsp3) is 0.417. The maximum atomic E-state index is 14.1. The van der Waals surface area contributed by atoms with E-state index in [0.717, 1.165) is 23.5 Å². The van der Waals surface area contributed by atoms with Gasteiger partial charge in [-0.25, -0.2) is 4.39 Å². The van der Waals surface area contributed by atoms with E-state index in [1.165, 1.54) is 37.7 Å². The first-order valence-electron chi connectivity index (χ1n) is 9.84. The highest BCUT2D eigenvalue weighted by molar-refractivity contribution is 5.64. The van der Waals surface area contributed by atoms with Crippen LogP contribution in [0.15, 0.2) is 55.1 Å². The van der Waals surface area contributed by atoms with E-state index < -0.39 is 0 Å². The van der Waals surface area contributed by atoms with Crippen LogP contribution in [0.4, 0.5) is 4.39 Å². The molecule has 2 heteroatoms. The highest BCUT2D eigenvalue weighted by Gasteiger charge is 2.21. The van der Waals surface area contributed by atoms with Crippen molar-refractivity contribution in [2.45, 2.75) is 51.4 Å². The maximum absolute atomic E-state index is 14.1. The van der Waals surface area contributed by atoms with Gasteiger partial charge in [-0.1, -0.05) is 36.4 Å². The molecule has 1 aliphatic carbocycles. The third-order valence-electron chi connectivity index (χ3n) is 5.57. The first kappa shape index (κ1) is 18.7. The highest BCUT2D eigenvalue weighted by atomic mass is 19.1. The second-order valence-electron chi connectivity index (χ2n) is 7.28. The molecule has 0 unspecified atom stereocenters. The molecule has 0 aliphatic heterocycles. The zero-order valence-electron chi connectivity index (χ0n) is 15.7. The minimum atomic E-state index is -0.300. The Labute approximate surface area is 156 Å². The van der Waals surface area contributed by atoms with Crippen LogP contribution >= 0.6 is 0 Å². The number of halogens is 1. The molecule has 1 nitrogen and oxygen atoms in total. The van der Waals surface area contributed by atoms with E-state index in [1.807, 2.05) is 19.1 Å². The van der Waals surface area contributed by atoms with Gasteiger partial charge in [0.2, 0.25) is 0 Å². The Hall–Kier alpha value is -2.09. The summed E-state index contributed by atoms with van der Waals surface area (Å²) >= 11 is 0. The van der Waals surface area contributed by atoms with Gasteiger partial charge >= 0.3 is 0 Å². The van der Waals surface area contributed by atoms with E-state index >= 15 is 0 Å². The lowest BCUT2D eigenvalue weighted by Gasteiger charge is -2.28. The minimum absolute atomic E-state index is 0.300. The van der Waals surface area contributed by atoms with Gasteiger partial charge < -0.3 is 4.74 Å². The van der Waals surface area contributed by atoms with Crippen LogP contribution < -0.4 is 4.74 Å². The van der Waals surface area contributed by atoms with E-state index in [4.69, 9.17) is 4.74 Å². The maximum Gasteiger partial charge on any atom is 0.165 e. The number of hydrogen-bond donors (Lipinski definition) is 0. The van der Waals surface area contributed by atoms with Crippen molar-refractivity contribution < 1.29 is 9.13 Å². The molecule has 0 amide bonds. The first-order chi connectivity index (χ1) is 12.7. The molecule has 26 heavy (non-hydrogen) atoms. The molecule has 138 valence electrons. The van der Waals surface area contributed by atoms with Crippen LogP contribution in [0.3, 0.4) is 0 Å². The molecule has 0 saturated heterocycles. The highest BCUT2D eigenvalue weighted by Crippen LogP contribution is 2.38. The number of ether oxygens (including phenoxy) is 1. The van der Waals surface area contributed by atoms with Gasteiger partial charge in [0.1, 0.15) is 0 Å². The predicted molar refractivity (Wildman–Crippen MR) is 107 cm³/mol. The SMILES string of the molecule is C=CCCC1CCC(c2ccc(-c3ccc(OCC)c(F)c3)cc2)CC1. The van der Waals surface area contributed by atoms with E-state index in [2.05, 4.69) is 30.8 Å². The normalized spacial score (nSPS) is 19.9. The van der Waals surface area contributed by atoms with Crippen LogP contribution in [-0.2, 0) is 0 Å². The molecule has 1 aliphatic rings. The molecule has 0 radical (unpaired) electrons. The van der Waals surface area contributed by atoms with Crippen molar-refractivity contribution in [3.63, 3.8) is 0 Å². The summed E-state index contributed by atoms with van der Waals surface area (Å²) in [4.78, 5) is 0. The van der Waals surface area contributed by atoms with Crippen LogP contribution in [0, 0.1) is 11.7 Å². The van der Waals surface area contributed by atoms with Crippen molar-refractivity contribution in [3.8, 4) is 16.9 Å². The number of allylic oxidation sites excluding steroid dienone is 1. The molecule has 1 fully saturated rings. The average Bonchev–Trinajstić information content (AvgIpc) is 2.69. The molecule has 2 aromatic rings. The van der Waals surface area contributed by atoms with Crippen molar-refractivity contribution in [2.24, 2.45) is 5.92 Å². The summed E-state index contributed by atoms with van der Waals surface area (Å²) in [6.07, 6.45) is 9.67. The van der Waals surface area contributed by atoms with E-state index in [-0.39, 0.29) is 5.82 Å². The summed E-state index contributed by atoms with van der Waals surface area (Å²) in [6.45, 7) is 6.16. The second kappa shape index (κ2) is 9.02. The molecular weight excluding hydrogens is 323 g/mol. The van der Waals surface area contributed by atoms with Gasteiger partial charge in [0.25, 0.3) is 0 Å². The summed E-state index contributed by atoms with van der Waals surface area (Å²) in [5.41, 5.74) is 3.36. The van der Waals surface area contributed by atoms with Gasteiger partial charge in [0.15, 0.2) is 11.6 Å². The Morgan fingerprint density at radius 1 is 1.04 bits per heavy atom. The monoisotopic (exact) mass is 352 g/mol. The van der Waals surface area contributed by atoms with Crippen LogP contribution in [0.1, 0.15) is 56.9 Å². The molecule has 3 rings (SSSR count). The van der Waals surface area contributed by atoms with Crippen molar-refractivity contribution in [1.82, 2.24) is 0 Å². The van der Waals surface area contributed by atoms with Crippen molar-refractivity contribution >= 4 is 0 Å². The fourth-order valence-electron chi connectivity index (χ4n) is 4.04. The smallest absolute Gasteiger partial charge is 0.165 e. The standard InChI is InChI=1S/C24H29FO/c1-3-5-6-18-7-9-19(10-8-18)20-11-13-21(14-12-20)22-15-16-24(26-4-2)23(25)17-22/h3,11-19H,1,4-10H2,2H3. The predicted octanol–water partition coefficient (Wildman–Crippen LogP) is 7.13. The summed E-state index contributed by atoms with van der Waals surface area (Å²) in [6, 6.07) is 13.9. The zero-order chi connectivity index (χ0) is 18.4. The van der Waals surface area contributed by atoms with Crippen molar-refractivity contribution in [3.05, 3.63) is 66.5 Å². The van der Waals surface area contributed by atoms with E-state index in [9.17, 15) is 4.39 Å².